The van der Waals surface area contributed by atoms with E-state index in [9.17, 15) is 0 Å². The van der Waals surface area contributed by atoms with Crippen molar-refractivity contribution >= 4 is 5.69 Å². The van der Waals surface area contributed by atoms with Crippen molar-refractivity contribution in [3.8, 4) is 5.75 Å². The average Bonchev–Trinajstić information content (AvgIpc) is 2.38. The summed E-state index contributed by atoms with van der Waals surface area (Å²) in [5.74, 6) is 0.899. The number of hydrogen-bond donors (Lipinski definition) is 2. The van der Waals surface area contributed by atoms with E-state index in [2.05, 4.69) is 10.6 Å². The highest BCUT2D eigenvalue weighted by atomic mass is 16.5. The Bertz CT molecular complexity index is 363. The van der Waals surface area contributed by atoms with E-state index in [0.29, 0.717) is 0 Å². The lowest BCUT2D eigenvalue weighted by molar-refractivity contribution is 0.0372. The Balaban J connectivity index is 1.91. The number of rotatable bonds is 5. The molecule has 4 nitrogen and oxygen atoms in total. The van der Waals surface area contributed by atoms with Crippen LogP contribution in [0.5, 0.6) is 5.75 Å². The highest BCUT2D eigenvalue weighted by Crippen LogP contribution is 2.24. The molecule has 0 aromatic heterocycles. The summed E-state index contributed by atoms with van der Waals surface area (Å²) in [6, 6.07) is 8.02. The number of para-hydroxylation sites is 2. The quantitative estimate of drug-likeness (QED) is 0.837. The zero-order valence-electron chi connectivity index (χ0n) is 11.1. The average molecular weight is 250 g/mol. The van der Waals surface area contributed by atoms with Crippen LogP contribution in [0.2, 0.25) is 0 Å². The first-order valence-corrected chi connectivity index (χ1v) is 6.57. The lowest BCUT2D eigenvalue weighted by Gasteiger charge is -2.25. The van der Waals surface area contributed by atoms with Crippen LogP contribution in [-0.2, 0) is 4.74 Å². The summed E-state index contributed by atoms with van der Waals surface area (Å²) in [6.45, 7) is 7.50. The van der Waals surface area contributed by atoms with Crippen LogP contribution in [0.15, 0.2) is 24.3 Å². The molecule has 1 heterocycles. The molecule has 4 heteroatoms. The lowest BCUT2D eigenvalue weighted by Crippen LogP contribution is -2.42. The van der Waals surface area contributed by atoms with Crippen LogP contribution in [0, 0.1) is 0 Å². The third-order valence-corrected chi connectivity index (χ3v) is 2.77. The van der Waals surface area contributed by atoms with Crippen LogP contribution in [0.3, 0.4) is 0 Å². The normalized spacial score (nSPS) is 19.8. The van der Waals surface area contributed by atoms with Gasteiger partial charge in [0.2, 0.25) is 0 Å². The Labute approximate surface area is 109 Å². The standard InChI is InChI=1S/C14H22N2O2/c1-11(2)18-14-6-4-3-5-13(14)16-10-12-9-15-7-8-17-12/h3-6,11-12,15-16H,7-10H2,1-2H3. The van der Waals surface area contributed by atoms with Crippen molar-refractivity contribution in [2.45, 2.75) is 26.1 Å². The number of anilines is 1. The van der Waals surface area contributed by atoms with Crippen molar-refractivity contribution in [3.63, 3.8) is 0 Å². The number of benzene rings is 1. The first-order chi connectivity index (χ1) is 8.75. The van der Waals surface area contributed by atoms with Gasteiger partial charge in [-0.05, 0) is 26.0 Å². The fraction of sp³-hybridized carbons (Fsp3) is 0.571. The van der Waals surface area contributed by atoms with Crippen LogP contribution in [0.1, 0.15) is 13.8 Å². The maximum Gasteiger partial charge on any atom is 0.142 e. The molecule has 0 aliphatic carbocycles. The molecule has 1 aromatic rings. The van der Waals surface area contributed by atoms with Gasteiger partial charge in [0.25, 0.3) is 0 Å². The Kier molecular flexibility index (Phi) is 4.84. The van der Waals surface area contributed by atoms with Gasteiger partial charge >= 0.3 is 0 Å². The van der Waals surface area contributed by atoms with Crippen LogP contribution < -0.4 is 15.4 Å². The molecule has 1 fully saturated rings. The van der Waals surface area contributed by atoms with Crippen molar-refractivity contribution in [2.75, 3.05) is 31.6 Å². The summed E-state index contributed by atoms with van der Waals surface area (Å²) in [4.78, 5) is 0. The Morgan fingerprint density at radius 3 is 3.00 bits per heavy atom. The summed E-state index contributed by atoms with van der Waals surface area (Å²) < 4.78 is 11.4. The van der Waals surface area contributed by atoms with Gasteiger partial charge in [-0.1, -0.05) is 12.1 Å². The van der Waals surface area contributed by atoms with E-state index in [0.717, 1.165) is 37.7 Å². The van der Waals surface area contributed by atoms with Gasteiger partial charge in [0.1, 0.15) is 5.75 Å². The number of morpholine rings is 1. The molecule has 0 radical (unpaired) electrons. The summed E-state index contributed by atoms with van der Waals surface area (Å²) >= 11 is 0. The molecule has 1 saturated heterocycles. The van der Waals surface area contributed by atoms with E-state index in [1.165, 1.54) is 0 Å². The lowest BCUT2D eigenvalue weighted by atomic mass is 10.2. The number of ether oxygens (including phenoxy) is 2. The van der Waals surface area contributed by atoms with E-state index in [-0.39, 0.29) is 12.2 Å². The molecule has 1 atom stereocenters. The fourth-order valence-corrected chi connectivity index (χ4v) is 1.94. The molecule has 1 aromatic carbocycles. The second kappa shape index (κ2) is 6.61. The van der Waals surface area contributed by atoms with E-state index < -0.39 is 0 Å². The van der Waals surface area contributed by atoms with Crippen molar-refractivity contribution in [3.05, 3.63) is 24.3 Å². The zero-order chi connectivity index (χ0) is 12.8. The van der Waals surface area contributed by atoms with E-state index in [1.54, 1.807) is 0 Å². The molecule has 2 N–H and O–H groups in total. The molecule has 2 rings (SSSR count). The minimum Gasteiger partial charge on any atom is -0.489 e. The topological polar surface area (TPSA) is 42.5 Å². The largest absolute Gasteiger partial charge is 0.489 e. The maximum absolute atomic E-state index is 5.77. The molecule has 0 bridgehead atoms. The third kappa shape index (κ3) is 3.89. The molecule has 18 heavy (non-hydrogen) atoms. The number of hydrogen-bond acceptors (Lipinski definition) is 4. The predicted molar refractivity (Wildman–Crippen MR) is 73.3 cm³/mol. The van der Waals surface area contributed by atoms with Crippen LogP contribution in [-0.4, -0.2) is 38.4 Å². The zero-order valence-corrected chi connectivity index (χ0v) is 11.1. The highest BCUT2D eigenvalue weighted by Gasteiger charge is 2.13. The molecule has 0 saturated carbocycles. The van der Waals surface area contributed by atoms with Crippen LogP contribution in [0.4, 0.5) is 5.69 Å². The Morgan fingerprint density at radius 1 is 1.44 bits per heavy atom. The van der Waals surface area contributed by atoms with Gasteiger partial charge < -0.3 is 20.1 Å². The van der Waals surface area contributed by atoms with Gasteiger partial charge in [-0.25, -0.2) is 0 Å². The van der Waals surface area contributed by atoms with E-state index in [1.807, 2.05) is 38.1 Å². The first kappa shape index (κ1) is 13.2. The summed E-state index contributed by atoms with van der Waals surface area (Å²) in [5, 5.41) is 6.72. The molecule has 100 valence electrons. The third-order valence-electron chi connectivity index (χ3n) is 2.77. The highest BCUT2D eigenvalue weighted by molar-refractivity contribution is 5.56. The fourth-order valence-electron chi connectivity index (χ4n) is 1.94. The van der Waals surface area contributed by atoms with Gasteiger partial charge in [0, 0.05) is 19.6 Å². The van der Waals surface area contributed by atoms with Crippen molar-refractivity contribution in [1.82, 2.24) is 5.32 Å². The minimum atomic E-state index is 0.181. The smallest absolute Gasteiger partial charge is 0.142 e. The van der Waals surface area contributed by atoms with Crippen LogP contribution in [0.25, 0.3) is 0 Å². The number of nitrogens with one attached hydrogen (secondary N) is 2. The maximum atomic E-state index is 5.77. The van der Waals surface area contributed by atoms with Gasteiger partial charge in [-0.15, -0.1) is 0 Å². The first-order valence-electron chi connectivity index (χ1n) is 6.57. The van der Waals surface area contributed by atoms with Crippen LogP contribution >= 0.6 is 0 Å². The molecular formula is C14H22N2O2. The summed E-state index contributed by atoms with van der Waals surface area (Å²) in [6.07, 6.45) is 0.409. The molecular weight excluding hydrogens is 228 g/mol. The van der Waals surface area contributed by atoms with Gasteiger partial charge in [-0.2, -0.15) is 0 Å². The monoisotopic (exact) mass is 250 g/mol. The molecule has 1 aliphatic rings. The van der Waals surface area contributed by atoms with Gasteiger partial charge in [0.05, 0.1) is 24.5 Å². The molecule has 0 amide bonds. The summed E-state index contributed by atoms with van der Waals surface area (Å²) in [5.41, 5.74) is 1.03. The predicted octanol–water partition coefficient (Wildman–Crippen LogP) is 1.87. The Hall–Kier alpha value is -1.26. The Morgan fingerprint density at radius 2 is 2.28 bits per heavy atom. The van der Waals surface area contributed by atoms with Gasteiger partial charge in [-0.3, -0.25) is 0 Å². The molecule has 0 spiro atoms. The molecule has 1 unspecified atom stereocenters. The van der Waals surface area contributed by atoms with E-state index in [4.69, 9.17) is 9.47 Å². The van der Waals surface area contributed by atoms with Crippen molar-refractivity contribution < 1.29 is 9.47 Å². The SMILES string of the molecule is CC(C)Oc1ccccc1NCC1CNCCO1. The molecule has 1 aliphatic heterocycles. The van der Waals surface area contributed by atoms with Crippen molar-refractivity contribution in [1.29, 1.82) is 0 Å². The van der Waals surface area contributed by atoms with E-state index >= 15 is 0 Å². The second-order valence-corrected chi connectivity index (χ2v) is 4.74. The second-order valence-electron chi connectivity index (χ2n) is 4.74. The van der Waals surface area contributed by atoms with Gasteiger partial charge in [0.15, 0.2) is 0 Å². The summed E-state index contributed by atoms with van der Waals surface area (Å²) in [7, 11) is 0. The van der Waals surface area contributed by atoms with Crippen molar-refractivity contribution in [2.24, 2.45) is 0 Å². The minimum absolute atomic E-state index is 0.181.